The van der Waals surface area contributed by atoms with Gasteiger partial charge in [-0.05, 0) is 19.3 Å². The summed E-state index contributed by atoms with van der Waals surface area (Å²) in [6.07, 6.45) is 9.47. The number of ether oxygens (including phenoxy) is 2. The first kappa shape index (κ1) is 14.2. The van der Waals surface area contributed by atoms with Crippen LogP contribution in [-0.4, -0.2) is 30.2 Å². The van der Waals surface area contributed by atoms with Crippen molar-refractivity contribution in [3.8, 4) is 12.3 Å². The summed E-state index contributed by atoms with van der Waals surface area (Å²) in [7, 11) is 0. The second kappa shape index (κ2) is 7.50. The van der Waals surface area contributed by atoms with Gasteiger partial charge in [0.15, 0.2) is 6.29 Å². The van der Waals surface area contributed by atoms with Crippen LogP contribution >= 0.6 is 0 Å². The third-order valence-electron chi connectivity index (χ3n) is 3.15. The molecule has 3 nitrogen and oxygen atoms in total. The lowest BCUT2D eigenvalue weighted by Crippen LogP contribution is -2.35. The van der Waals surface area contributed by atoms with Gasteiger partial charge in [0, 0.05) is 18.9 Å². The van der Waals surface area contributed by atoms with Gasteiger partial charge in [0.05, 0.1) is 12.2 Å². The Kier molecular flexibility index (Phi) is 6.28. The quantitative estimate of drug-likeness (QED) is 0.569. The summed E-state index contributed by atoms with van der Waals surface area (Å²) in [5.74, 6) is 2.52. The average molecular weight is 238 g/mol. The number of hydrogen-bond donors (Lipinski definition) is 1. The van der Waals surface area contributed by atoms with Crippen LogP contribution in [0.5, 0.6) is 0 Å². The van der Waals surface area contributed by atoms with Gasteiger partial charge in [0.2, 0.25) is 0 Å². The van der Waals surface area contributed by atoms with Crippen molar-refractivity contribution in [2.75, 3.05) is 6.61 Å². The van der Waals surface area contributed by atoms with Crippen LogP contribution in [0, 0.1) is 18.3 Å². The lowest BCUT2D eigenvalue weighted by molar-refractivity contribution is -0.200. The zero-order valence-electron chi connectivity index (χ0n) is 10.5. The maximum atomic E-state index is 9.75. The van der Waals surface area contributed by atoms with E-state index in [1.807, 2.05) is 6.92 Å². The van der Waals surface area contributed by atoms with E-state index in [2.05, 4.69) is 12.5 Å². The van der Waals surface area contributed by atoms with E-state index in [4.69, 9.17) is 15.9 Å². The minimum Gasteiger partial charge on any atom is -0.389 e. The van der Waals surface area contributed by atoms with E-state index in [0.29, 0.717) is 6.42 Å². The highest BCUT2D eigenvalue weighted by Gasteiger charge is 2.26. The van der Waals surface area contributed by atoms with Crippen molar-refractivity contribution in [2.24, 2.45) is 5.92 Å². The SMILES string of the molecule is C#CC[C@@H](O[C@@H]1CCCCO1)[C@@H](C)[C@@H](O)C=C. The van der Waals surface area contributed by atoms with Crippen molar-refractivity contribution in [1.82, 2.24) is 0 Å². The molecule has 0 aromatic heterocycles. The minimum atomic E-state index is -0.600. The highest BCUT2D eigenvalue weighted by Crippen LogP contribution is 2.22. The lowest BCUT2D eigenvalue weighted by atomic mass is 9.95. The van der Waals surface area contributed by atoms with Gasteiger partial charge in [0.1, 0.15) is 0 Å². The van der Waals surface area contributed by atoms with Crippen LogP contribution in [0.4, 0.5) is 0 Å². The fraction of sp³-hybridized carbons (Fsp3) is 0.714. The van der Waals surface area contributed by atoms with Gasteiger partial charge >= 0.3 is 0 Å². The van der Waals surface area contributed by atoms with E-state index in [1.165, 1.54) is 6.08 Å². The number of aliphatic hydroxyl groups is 1. The molecule has 1 fully saturated rings. The van der Waals surface area contributed by atoms with Crippen molar-refractivity contribution >= 4 is 0 Å². The van der Waals surface area contributed by atoms with Gasteiger partial charge in [0.25, 0.3) is 0 Å². The predicted molar refractivity (Wildman–Crippen MR) is 67.3 cm³/mol. The van der Waals surface area contributed by atoms with E-state index in [-0.39, 0.29) is 18.3 Å². The highest BCUT2D eigenvalue weighted by molar-refractivity contribution is 4.94. The Morgan fingerprint density at radius 1 is 1.65 bits per heavy atom. The van der Waals surface area contributed by atoms with Crippen molar-refractivity contribution < 1.29 is 14.6 Å². The molecule has 17 heavy (non-hydrogen) atoms. The minimum absolute atomic E-state index is 0.0749. The molecule has 0 bridgehead atoms. The Bertz CT molecular complexity index is 263. The molecule has 0 aromatic carbocycles. The first-order valence-electron chi connectivity index (χ1n) is 6.20. The van der Waals surface area contributed by atoms with Gasteiger partial charge in [-0.25, -0.2) is 0 Å². The predicted octanol–water partition coefficient (Wildman–Crippen LogP) is 2.10. The number of aliphatic hydroxyl groups excluding tert-OH is 1. The molecule has 0 unspecified atom stereocenters. The van der Waals surface area contributed by atoms with E-state index in [9.17, 15) is 5.11 Å². The van der Waals surface area contributed by atoms with Gasteiger partial charge in [-0.3, -0.25) is 0 Å². The molecule has 1 N–H and O–H groups in total. The number of hydrogen-bond acceptors (Lipinski definition) is 3. The second-order valence-corrected chi connectivity index (χ2v) is 4.46. The zero-order chi connectivity index (χ0) is 12.7. The van der Waals surface area contributed by atoms with Gasteiger partial charge in [-0.2, -0.15) is 0 Å². The molecule has 0 spiro atoms. The molecular formula is C14H22O3. The molecule has 0 aliphatic carbocycles. The topological polar surface area (TPSA) is 38.7 Å². The summed E-state index contributed by atoms with van der Waals surface area (Å²) < 4.78 is 11.4. The Morgan fingerprint density at radius 3 is 2.94 bits per heavy atom. The zero-order valence-corrected chi connectivity index (χ0v) is 10.5. The van der Waals surface area contributed by atoms with Crippen LogP contribution in [0.25, 0.3) is 0 Å². The summed E-state index contributed by atoms with van der Waals surface area (Å²) in [5.41, 5.74) is 0. The fourth-order valence-electron chi connectivity index (χ4n) is 1.92. The highest BCUT2D eigenvalue weighted by atomic mass is 16.7. The van der Waals surface area contributed by atoms with E-state index < -0.39 is 6.10 Å². The molecule has 0 amide bonds. The summed E-state index contributed by atoms with van der Waals surface area (Å²) in [5, 5.41) is 9.75. The standard InChI is InChI=1S/C14H22O3/c1-4-8-13(11(3)12(15)5-2)17-14-9-6-7-10-16-14/h1,5,11-15H,2,6-10H2,3H3/t11-,12-,13+,14+/m0/s1. The molecule has 3 heteroatoms. The van der Waals surface area contributed by atoms with E-state index >= 15 is 0 Å². The van der Waals surface area contributed by atoms with Crippen LogP contribution < -0.4 is 0 Å². The van der Waals surface area contributed by atoms with Crippen LogP contribution in [0.3, 0.4) is 0 Å². The first-order chi connectivity index (χ1) is 8.19. The molecule has 0 saturated carbocycles. The van der Waals surface area contributed by atoms with E-state index in [1.54, 1.807) is 0 Å². The third kappa shape index (κ3) is 4.51. The summed E-state index contributed by atoms with van der Waals surface area (Å²) in [4.78, 5) is 0. The van der Waals surface area contributed by atoms with Crippen molar-refractivity contribution in [2.45, 2.75) is 51.1 Å². The molecule has 0 radical (unpaired) electrons. The Hall–Kier alpha value is -0.820. The molecule has 1 saturated heterocycles. The summed E-state index contributed by atoms with van der Waals surface area (Å²) in [6.45, 7) is 6.24. The molecular weight excluding hydrogens is 216 g/mol. The van der Waals surface area contributed by atoms with Crippen molar-refractivity contribution in [3.05, 3.63) is 12.7 Å². The molecule has 1 aliphatic rings. The second-order valence-electron chi connectivity index (χ2n) is 4.46. The van der Waals surface area contributed by atoms with Gasteiger partial charge in [-0.15, -0.1) is 18.9 Å². The van der Waals surface area contributed by atoms with E-state index in [0.717, 1.165) is 25.9 Å². The van der Waals surface area contributed by atoms with Crippen LogP contribution in [0.2, 0.25) is 0 Å². The fourth-order valence-corrected chi connectivity index (χ4v) is 1.92. The maximum Gasteiger partial charge on any atom is 0.158 e. The van der Waals surface area contributed by atoms with Crippen molar-refractivity contribution in [1.29, 1.82) is 0 Å². The molecule has 0 aromatic rings. The Morgan fingerprint density at radius 2 is 2.41 bits per heavy atom. The maximum absolute atomic E-state index is 9.75. The van der Waals surface area contributed by atoms with Crippen LogP contribution in [-0.2, 0) is 9.47 Å². The molecule has 4 atom stereocenters. The summed E-state index contributed by atoms with van der Waals surface area (Å²) in [6, 6.07) is 0. The van der Waals surface area contributed by atoms with Crippen molar-refractivity contribution in [3.63, 3.8) is 0 Å². The Labute approximate surface area is 104 Å². The first-order valence-corrected chi connectivity index (χ1v) is 6.20. The molecule has 1 heterocycles. The molecule has 96 valence electrons. The van der Waals surface area contributed by atoms with Gasteiger partial charge < -0.3 is 14.6 Å². The average Bonchev–Trinajstić information content (AvgIpc) is 2.37. The number of terminal acetylenes is 1. The molecule has 1 rings (SSSR count). The normalized spacial score (nSPS) is 25.6. The van der Waals surface area contributed by atoms with Crippen LogP contribution in [0.1, 0.15) is 32.6 Å². The third-order valence-corrected chi connectivity index (χ3v) is 3.15. The number of rotatable bonds is 6. The largest absolute Gasteiger partial charge is 0.389 e. The molecule has 1 aliphatic heterocycles. The summed E-state index contributed by atoms with van der Waals surface area (Å²) >= 11 is 0. The van der Waals surface area contributed by atoms with Crippen LogP contribution in [0.15, 0.2) is 12.7 Å². The lowest BCUT2D eigenvalue weighted by Gasteiger charge is -2.31. The smallest absolute Gasteiger partial charge is 0.158 e. The monoisotopic (exact) mass is 238 g/mol. The van der Waals surface area contributed by atoms with Gasteiger partial charge in [-0.1, -0.05) is 13.0 Å². The Balaban J connectivity index is 2.52.